The lowest BCUT2D eigenvalue weighted by atomic mass is 10.2. The summed E-state index contributed by atoms with van der Waals surface area (Å²) in [7, 11) is -6.07. The van der Waals surface area contributed by atoms with E-state index >= 15 is 0 Å². The van der Waals surface area contributed by atoms with E-state index in [1.165, 1.54) is 11.9 Å². The van der Waals surface area contributed by atoms with Gasteiger partial charge in [0.1, 0.15) is 10.7 Å². The van der Waals surface area contributed by atoms with Crippen LogP contribution in [0.2, 0.25) is 0 Å². The van der Waals surface area contributed by atoms with Crippen LogP contribution >= 0.6 is 22.2 Å². The van der Waals surface area contributed by atoms with Crippen LogP contribution in [0.25, 0.3) is 11.3 Å². The predicted octanol–water partition coefficient (Wildman–Crippen LogP) is 5.98. The number of rotatable bonds is 7. The third-order valence-corrected chi connectivity index (χ3v) is 5.72. The third-order valence-electron chi connectivity index (χ3n) is 3.89. The summed E-state index contributed by atoms with van der Waals surface area (Å²) < 4.78 is 68.9. The number of benzene rings is 1. The summed E-state index contributed by atoms with van der Waals surface area (Å²) in [5, 5.41) is 3.03. The van der Waals surface area contributed by atoms with Crippen LogP contribution in [-0.4, -0.2) is 21.6 Å². The number of hydrogen-bond donors (Lipinski definition) is 2. The molecule has 2 N–H and O–H groups in total. The van der Waals surface area contributed by atoms with Gasteiger partial charge in [-0.1, -0.05) is 31.6 Å². The van der Waals surface area contributed by atoms with Crippen LogP contribution in [0.15, 0.2) is 58.8 Å². The summed E-state index contributed by atoms with van der Waals surface area (Å²) in [4.78, 5) is 7.61. The topological polar surface area (TPSA) is 54.8 Å². The highest BCUT2D eigenvalue weighted by Gasteiger charge is 2.65. The lowest BCUT2D eigenvalue weighted by Crippen LogP contribution is -2.07. The summed E-state index contributed by atoms with van der Waals surface area (Å²) in [6.45, 7) is 0.103. The van der Waals surface area contributed by atoms with Crippen molar-refractivity contribution in [1.82, 2.24) is 19.3 Å². The molecule has 0 bridgehead atoms. The molecule has 5 nitrogen and oxygen atoms in total. The van der Waals surface area contributed by atoms with Crippen LogP contribution < -0.4 is 10.0 Å². The molecule has 0 aliphatic heterocycles. The normalized spacial score (nSPS) is 14.3. The average molecular weight is 451 g/mol. The van der Waals surface area contributed by atoms with E-state index in [-0.39, 0.29) is 6.54 Å². The maximum Gasteiger partial charge on any atom is 0.310 e. The molecule has 1 aromatic carbocycles. The smallest absolute Gasteiger partial charge is 0.310 e. The number of aromatic nitrogens is 3. The molecule has 158 valence electrons. The highest BCUT2D eigenvalue weighted by atomic mass is 32.5. The Kier molecular flexibility index (Phi) is 5.08. The molecule has 0 saturated heterocycles. The summed E-state index contributed by atoms with van der Waals surface area (Å²) in [5.74, 6) is 0.473. The van der Waals surface area contributed by atoms with Gasteiger partial charge in [-0.2, -0.15) is 0 Å². The zero-order valence-electron chi connectivity index (χ0n) is 15.4. The molecule has 0 atom stereocenters. The van der Waals surface area contributed by atoms with E-state index in [4.69, 9.17) is 0 Å². The van der Waals surface area contributed by atoms with Gasteiger partial charge in [0.25, 0.3) is 0 Å². The quantitative estimate of drug-likeness (QED) is 0.342. The van der Waals surface area contributed by atoms with Gasteiger partial charge in [0.05, 0.1) is 12.0 Å². The second kappa shape index (κ2) is 6.89. The first-order valence-corrected chi connectivity index (χ1v) is 11.0. The van der Waals surface area contributed by atoms with Crippen molar-refractivity contribution < 1.29 is 19.4 Å². The lowest BCUT2D eigenvalue weighted by molar-refractivity contribution is 0.364. The van der Waals surface area contributed by atoms with Crippen molar-refractivity contribution in [3.63, 3.8) is 0 Å². The van der Waals surface area contributed by atoms with Gasteiger partial charge < -0.3 is 9.88 Å². The van der Waals surface area contributed by atoms with Crippen molar-refractivity contribution in [3.8, 4) is 11.3 Å². The lowest BCUT2D eigenvalue weighted by Gasteiger charge is -2.40. The van der Waals surface area contributed by atoms with E-state index in [0.29, 0.717) is 34.8 Å². The van der Waals surface area contributed by atoms with Gasteiger partial charge in [-0.15, -0.1) is 0 Å². The van der Waals surface area contributed by atoms with Crippen LogP contribution in [-0.2, 0) is 13.6 Å². The van der Waals surface area contributed by atoms with Crippen LogP contribution in [0.1, 0.15) is 5.56 Å². The van der Waals surface area contributed by atoms with Crippen LogP contribution in [0, 0.1) is 0 Å². The van der Waals surface area contributed by atoms with E-state index in [9.17, 15) is 19.4 Å². The number of anilines is 1. The van der Waals surface area contributed by atoms with Crippen molar-refractivity contribution >= 4 is 28.0 Å². The molecule has 3 rings (SSSR count). The Morgan fingerprint density at radius 1 is 1.07 bits per heavy atom. The molecule has 0 spiro atoms. The van der Waals surface area contributed by atoms with E-state index in [2.05, 4.69) is 20.0 Å². The Hall–Kier alpha value is -2.31. The second-order valence-corrected chi connectivity index (χ2v) is 9.76. The minimum Gasteiger partial charge on any atom is -0.365 e. The molecule has 0 aliphatic rings. The molecule has 29 heavy (non-hydrogen) atoms. The fourth-order valence-electron chi connectivity index (χ4n) is 2.56. The Labute approximate surface area is 168 Å². The molecule has 3 aromatic rings. The maximum absolute atomic E-state index is 12.8. The van der Waals surface area contributed by atoms with E-state index in [0.717, 1.165) is 17.0 Å². The summed E-state index contributed by atoms with van der Waals surface area (Å²) in [6.07, 6.45) is 5.07. The van der Waals surface area contributed by atoms with Crippen molar-refractivity contribution in [1.29, 1.82) is 0 Å². The van der Waals surface area contributed by atoms with Gasteiger partial charge in [0.2, 0.25) is 0 Å². The standard InChI is InChI=1S/C17H18F5N5S2/c1-23-28-13-7-15(16-10-27(2)11-26-16)17(25-9-13)24-8-12-3-5-14(6-4-12)29(18,19,20,21)22/h3-7,9-11,23H,8H2,1-2H3,(H,24,25). The van der Waals surface area contributed by atoms with Gasteiger partial charge in [-0.05, 0) is 42.8 Å². The molecule has 0 saturated carbocycles. The first-order valence-electron chi connectivity index (χ1n) is 8.24. The van der Waals surface area contributed by atoms with Gasteiger partial charge >= 0.3 is 10.2 Å². The first-order chi connectivity index (χ1) is 13.4. The number of aryl methyl sites for hydroxylation is 1. The molecule has 2 aromatic heterocycles. The number of imidazole rings is 1. The van der Waals surface area contributed by atoms with Gasteiger partial charge in [0, 0.05) is 36.4 Å². The Bertz CT molecular complexity index is 1020. The molecule has 0 fully saturated rings. The number of nitrogens with zero attached hydrogens (tertiary/aromatic N) is 3. The van der Waals surface area contributed by atoms with Gasteiger partial charge in [0.15, 0.2) is 0 Å². The molecule has 0 aliphatic carbocycles. The van der Waals surface area contributed by atoms with Crippen molar-refractivity contribution in [2.24, 2.45) is 7.05 Å². The Morgan fingerprint density at radius 2 is 1.76 bits per heavy atom. The van der Waals surface area contributed by atoms with Crippen molar-refractivity contribution in [2.75, 3.05) is 12.4 Å². The number of pyridine rings is 1. The van der Waals surface area contributed by atoms with Crippen molar-refractivity contribution in [3.05, 3.63) is 54.6 Å². The summed E-state index contributed by atoms with van der Waals surface area (Å²) in [5.41, 5.74) is 1.77. The zero-order valence-corrected chi connectivity index (χ0v) is 17.0. The average Bonchev–Trinajstić information content (AvgIpc) is 3.05. The van der Waals surface area contributed by atoms with E-state index in [1.807, 2.05) is 13.1 Å². The minimum absolute atomic E-state index is 0.103. The molecule has 0 radical (unpaired) electrons. The van der Waals surface area contributed by atoms with E-state index < -0.39 is 15.1 Å². The Balaban J connectivity index is 1.84. The largest absolute Gasteiger partial charge is 0.365 e. The molecular formula is C17H18F5N5S2. The predicted molar refractivity (Wildman–Crippen MR) is 107 cm³/mol. The molecule has 2 heterocycles. The molecule has 0 amide bonds. The first kappa shape index (κ1) is 21.4. The third kappa shape index (κ3) is 5.40. The number of halogens is 5. The van der Waals surface area contributed by atoms with E-state index in [1.54, 1.807) is 30.3 Å². The Morgan fingerprint density at radius 3 is 2.31 bits per heavy atom. The fourth-order valence-corrected chi connectivity index (χ4v) is 3.73. The van der Waals surface area contributed by atoms with Gasteiger partial charge in [-0.3, -0.25) is 4.72 Å². The summed E-state index contributed by atoms with van der Waals surface area (Å²) >= 11 is 1.37. The van der Waals surface area contributed by atoms with Crippen molar-refractivity contribution in [2.45, 2.75) is 16.3 Å². The molecule has 0 unspecified atom stereocenters. The fraction of sp³-hybridized carbons (Fsp3) is 0.176. The second-order valence-electron chi connectivity index (χ2n) is 6.26. The monoisotopic (exact) mass is 451 g/mol. The SMILES string of the molecule is CNSc1cnc(NCc2ccc(S(F)(F)(F)(F)F)cc2)c(-c2cn(C)cn2)c1. The van der Waals surface area contributed by atoms with Gasteiger partial charge in [-0.25, -0.2) is 9.97 Å². The summed E-state index contributed by atoms with van der Waals surface area (Å²) in [6, 6.07) is 4.71. The highest BCUT2D eigenvalue weighted by Crippen LogP contribution is 3.02. The minimum atomic E-state index is -9.67. The van der Waals surface area contributed by atoms with Crippen LogP contribution in [0.3, 0.4) is 0 Å². The molecule has 12 heteroatoms. The van der Waals surface area contributed by atoms with Crippen LogP contribution in [0.4, 0.5) is 25.2 Å². The highest BCUT2D eigenvalue weighted by molar-refractivity contribution is 8.45. The molecular weight excluding hydrogens is 433 g/mol. The maximum atomic E-state index is 12.8. The zero-order chi connectivity index (χ0) is 21.3. The van der Waals surface area contributed by atoms with Crippen LogP contribution in [0.5, 0.6) is 0 Å². The number of nitrogens with one attached hydrogen (secondary N) is 2. The number of hydrogen-bond acceptors (Lipinski definition) is 5.